The van der Waals surface area contributed by atoms with Crippen molar-refractivity contribution in [3.63, 3.8) is 0 Å². The number of urea groups is 1. The van der Waals surface area contributed by atoms with Crippen LogP contribution in [0.25, 0.3) is 6.08 Å². The fourth-order valence-corrected chi connectivity index (χ4v) is 3.19. The molecule has 1 fully saturated rings. The minimum atomic E-state index is -0.924. The summed E-state index contributed by atoms with van der Waals surface area (Å²) in [4.78, 5) is 50.3. The average molecular weight is 439 g/mol. The molecule has 2 heterocycles. The molecule has 0 bridgehead atoms. The van der Waals surface area contributed by atoms with Crippen molar-refractivity contribution < 1.29 is 23.9 Å². The van der Waals surface area contributed by atoms with Crippen LogP contribution in [0.1, 0.15) is 15.9 Å². The number of benzene rings is 2. The standard InChI is InChI=1S/C20H11BrN2O5/c21-14-7-3-1-5-11(14)9-15-18(25)23(20(27)22-15)10-13-17(24)12-6-2-4-8-16(12)28-19(13)26/h1-10H,(H,22,27)/b13-10+,15-9-. The number of carbonyl (C=O) groups excluding carboxylic acids is 4. The Morgan fingerprint density at radius 3 is 2.46 bits per heavy atom. The molecule has 2 aromatic rings. The molecule has 7 nitrogen and oxygen atoms in total. The number of rotatable bonds is 2. The van der Waals surface area contributed by atoms with Crippen LogP contribution < -0.4 is 10.1 Å². The van der Waals surface area contributed by atoms with E-state index in [1.54, 1.807) is 30.3 Å². The van der Waals surface area contributed by atoms with Crippen molar-refractivity contribution in [2.24, 2.45) is 0 Å². The SMILES string of the molecule is O=C1Oc2ccccc2C(=O)/C1=C\N1C(=O)N/C(=C\c2ccccc2Br)C1=O. The Morgan fingerprint density at radius 1 is 0.964 bits per heavy atom. The molecule has 2 aliphatic rings. The summed E-state index contributed by atoms with van der Waals surface area (Å²) in [5.74, 6) is -2.09. The third-order valence-electron chi connectivity index (χ3n) is 4.17. The van der Waals surface area contributed by atoms with Gasteiger partial charge in [0.05, 0.1) is 5.56 Å². The fraction of sp³-hybridized carbons (Fsp3) is 0. The first kappa shape index (κ1) is 17.9. The maximum absolute atomic E-state index is 12.6. The number of nitrogens with one attached hydrogen (secondary N) is 1. The van der Waals surface area contributed by atoms with E-state index in [1.165, 1.54) is 18.2 Å². The molecule has 4 rings (SSSR count). The van der Waals surface area contributed by atoms with Crippen molar-refractivity contribution in [2.75, 3.05) is 0 Å². The van der Waals surface area contributed by atoms with Gasteiger partial charge in [-0.2, -0.15) is 0 Å². The van der Waals surface area contributed by atoms with E-state index in [0.717, 1.165) is 10.7 Å². The van der Waals surface area contributed by atoms with Crippen LogP contribution in [0.15, 0.2) is 70.5 Å². The summed E-state index contributed by atoms with van der Waals surface area (Å²) in [6.45, 7) is 0. The van der Waals surface area contributed by atoms with Crippen molar-refractivity contribution in [3.8, 4) is 5.75 Å². The molecule has 0 aliphatic carbocycles. The minimum absolute atomic E-state index is 0.0192. The van der Waals surface area contributed by atoms with Crippen LogP contribution in [0.4, 0.5) is 4.79 Å². The lowest BCUT2D eigenvalue weighted by Crippen LogP contribution is -2.31. The Labute approximate surface area is 167 Å². The van der Waals surface area contributed by atoms with Crippen LogP contribution in [0.5, 0.6) is 5.75 Å². The maximum atomic E-state index is 12.6. The largest absolute Gasteiger partial charge is 0.422 e. The molecule has 1 saturated heterocycles. The summed E-state index contributed by atoms with van der Waals surface area (Å²) in [6.07, 6.45) is 2.41. The molecule has 0 spiro atoms. The van der Waals surface area contributed by atoms with Crippen molar-refractivity contribution in [3.05, 3.63) is 81.6 Å². The number of ketones is 1. The van der Waals surface area contributed by atoms with Crippen molar-refractivity contribution in [2.45, 2.75) is 0 Å². The Morgan fingerprint density at radius 2 is 1.68 bits per heavy atom. The number of imide groups is 1. The number of amides is 3. The third kappa shape index (κ3) is 3.03. The first-order chi connectivity index (χ1) is 13.5. The molecule has 0 aromatic heterocycles. The number of ether oxygens (including phenoxy) is 1. The van der Waals surface area contributed by atoms with E-state index >= 15 is 0 Å². The van der Waals surface area contributed by atoms with Gasteiger partial charge in [-0.05, 0) is 29.8 Å². The van der Waals surface area contributed by atoms with Gasteiger partial charge in [-0.1, -0.05) is 46.3 Å². The van der Waals surface area contributed by atoms with Gasteiger partial charge in [0.1, 0.15) is 17.0 Å². The van der Waals surface area contributed by atoms with E-state index in [4.69, 9.17) is 4.74 Å². The third-order valence-corrected chi connectivity index (χ3v) is 4.89. The van der Waals surface area contributed by atoms with E-state index in [-0.39, 0.29) is 17.0 Å². The fourth-order valence-electron chi connectivity index (χ4n) is 2.79. The van der Waals surface area contributed by atoms with E-state index in [0.29, 0.717) is 10.5 Å². The number of Topliss-reactive ketones (excluding diaryl/α,β-unsaturated/α-hetero) is 1. The number of halogens is 1. The lowest BCUT2D eigenvalue weighted by Gasteiger charge is -2.17. The molecule has 0 saturated carbocycles. The van der Waals surface area contributed by atoms with Crippen molar-refractivity contribution in [1.82, 2.24) is 10.2 Å². The molecule has 2 aromatic carbocycles. The zero-order chi connectivity index (χ0) is 19.8. The number of hydrogen-bond donors (Lipinski definition) is 1. The molecule has 2 aliphatic heterocycles. The summed E-state index contributed by atoms with van der Waals surface area (Å²) < 4.78 is 5.86. The van der Waals surface area contributed by atoms with Crippen LogP contribution in [0, 0.1) is 0 Å². The Hall–Kier alpha value is -3.52. The summed E-state index contributed by atoms with van der Waals surface area (Å²) in [6, 6.07) is 12.6. The second-order valence-electron chi connectivity index (χ2n) is 5.94. The van der Waals surface area contributed by atoms with Crippen molar-refractivity contribution >= 4 is 45.7 Å². The molecular weight excluding hydrogens is 428 g/mol. The molecule has 0 radical (unpaired) electrons. The van der Waals surface area contributed by atoms with Crippen LogP contribution in [0.2, 0.25) is 0 Å². The van der Waals surface area contributed by atoms with Crippen molar-refractivity contribution in [1.29, 1.82) is 0 Å². The van der Waals surface area contributed by atoms with Crippen LogP contribution in [-0.2, 0) is 9.59 Å². The van der Waals surface area contributed by atoms with Gasteiger partial charge in [-0.25, -0.2) is 14.5 Å². The second-order valence-corrected chi connectivity index (χ2v) is 6.80. The number of para-hydroxylation sites is 1. The summed E-state index contributed by atoms with van der Waals surface area (Å²) in [7, 11) is 0. The first-order valence-electron chi connectivity index (χ1n) is 8.14. The minimum Gasteiger partial charge on any atom is -0.422 e. The highest BCUT2D eigenvalue weighted by molar-refractivity contribution is 9.10. The topological polar surface area (TPSA) is 92.8 Å². The summed E-state index contributed by atoms with van der Waals surface area (Å²) in [5, 5.41) is 2.44. The Bertz CT molecular complexity index is 1120. The predicted molar refractivity (Wildman–Crippen MR) is 102 cm³/mol. The lowest BCUT2D eigenvalue weighted by molar-refractivity contribution is -0.130. The monoisotopic (exact) mass is 438 g/mol. The normalized spacial score (nSPS) is 19.1. The molecule has 3 amide bonds. The predicted octanol–water partition coefficient (Wildman–Crippen LogP) is 3.03. The molecule has 8 heteroatoms. The first-order valence-corrected chi connectivity index (χ1v) is 8.93. The highest BCUT2D eigenvalue weighted by Gasteiger charge is 2.37. The number of fused-ring (bicyclic) bond motifs is 1. The zero-order valence-corrected chi connectivity index (χ0v) is 15.7. The second kappa shape index (κ2) is 6.90. The number of esters is 1. The Balaban J connectivity index is 1.68. The van der Waals surface area contributed by atoms with Gasteiger partial charge in [0.25, 0.3) is 5.91 Å². The smallest absolute Gasteiger partial charge is 0.349 e. The van der Waals surface area contributed by atoms with Gasteiger partial charge >= 0.3 is 12.0 Å². The van der Waals surface area contributed by atoms with Gasteiger partial charge in [0, 0.05) is 10.7 Å². The van der Waals surface area contributed by atoms with E-state index in [2.05, 4.69) is 21.2 Å². The van der Waals surface area contributed by atoms with E-state index < -0.39 is 29.3 Å². The van der Waals surface area contributed by atoms with Gasteiger partial charge in [0.15, 0.2) is 0 Å². The highest BCUT2D eigenvalue weighted by Crippen LogP contribution is 2.28. The van der Waals surface area contributed by atoms with Gasteiger partial charge in [-0.3, -0.25) is 9.59 Å². The van der Waals surface area contributed by atoms with Crippen LogP contribution >= 0.6 is 15.9 Å². The molecular formula is C20H11BrN2O5. The average Bonchev–Trinajstić information content (AvgIpc) is 2.94. The zero-order valence-electron chi connectivity index (χ0n) is 14.1. The van der Waals surface area contributed by atoms with Gasteiger partial charge in [-0.15, -0.1) is 0 Å². The van der Waals surface area contributed by atoms with E-state index in [1.807, 2.05) is 6.07 Å². The van der Waals surface area contributed by atoms with Crippen LogP contribution in [0.3, 0.4) is 0 Å². The molecule has 0 atom stereocenters. The summed E-state index contributed by atoms with van der Waals surface area (Å²) >= 11 is 3.36. The van der Waals surface area contributed by atoms with Crippen LogP contribution in [-0.4, -0.2) is 28.6 Å². The number of carbonyl (C=O) groups is 4. The highest BCUT2D eigenvalue weighted by atomic mass is 79.9. The lowest BCUT2D eigenvalue weighted by atomic mass is 10.0. The quantitative estimate of drug-likeness (QED) is 0.255. The van der Waals surface area contributed by atoms with Gasteiger partial charge in [0.2, 0.25) is 5.78 Å². The molecule has 0 unspecified atom stereocenters. The Kier molecular flexibility index (Phi) is 4.40. The number of nitrogens with zero attached hydrogens (tertiary/aromatic N) is 1. The molecule has 1 N–H and O–H groups in total. The molecule has 28 heavy (non-hydrogen) atoms. The summed E-state index contributed by atoms with van der Waals surface area (Å²) in [5.41, 5.74) is 0.488. The molecule has 138 valence electrons. The number of hydrogen-bond acceptors (Lipinski definition) is 5. The van der Waals surface area contributed by atoms with Gasteiger partial charge < -0.3 is 10.1 Å². The van der Waals surface area contributed by atoms with E-state index in [9.17, 15) is 19.2 Å². The maximum Gasteiger partial charge on any atom is 0.349 e.